The molecule has 0 bridgehead atoms. The molecule has 2 rings (SSSR count). The van der Waals surface area contributed by atoms with Gasteiger partial charge < -0.3 is 9.73 Å². The minimum absolute atomic E-state index is 0.00826. The van der Waals surface area contributed by atoms with Crippen LogP contribution < -0.4 is 5.32 Å². The van der Waals surface area contributed by atoms with E-state index >= 15 is 0 Å². The smallest absolute Gasteiger partial charge is 0.270 e. The van der Waals surface area contributed by atoms with Gasteiger partial charge in [0.2, 0.25) is 0 Å². The number of hydrogen-bond acceptors (Lipinski definition) is 4. The molecule has 0 aliphatic heterocycles. The third kappa shape index (κ3) is 3.43. The lowest BCUT2D eigenvalue weighted by molar-refractivity contribution is -0.384. The van der Waals surface area contributed by atoms with E-state index in [9.17, 15) is 10.1 Å². The molecule has 0 aliphatic rings. The SMILES string of the molecule is CCNC(CC)c1ccc(-c2cc([N+](=O)[O-])ccc2Cl)o1. The molecule has 1 aromatic carbocycles. The molecule has 0 radical (unpaired) electrons. The van der Waals surface area contributed by atoms with E-state index in [0.29, 0.717) is 16.3 Å². The lowest BCUT2D eigenvalue weighted by Crippen LogP contribution is -2.19. The number of furan rings is 1. The number of hydrogen-bond donors (Lipinski definition) is 1. The molecule has 5 nitrogen and oxygen atoms in total. The van der Waals surface area contributed by atoms with Gasteiger partial charge in [0, 0.05) is 17.7 Å². The van der Waals surface area contributed by atoms with Crippen LogP contribution in [0.4, 0.5) is 5.69 Å². The average molecular weight is 309 g/mol. The molecule has 21 heavy (non-hydrogen) atoms. The van der Waals surface area contributed by atoms with Crippen LogP contribution in [-0.2, 0) is 0 Å². The number of nitrogens with one attached hydrogen (secondary N) is 1. The number of nitro groups is 1. The zero-order valence-corrected chi connectivity index (χ0v) is 12.7. The van der Waals surface area contributed by atoms with Crippen LogP contribution in [0.5, 0.6) is 0 Å². The van der Waals surface area contributed by atoms with Crippen molar-refractivity contribution in [3.05, 3.63) is 51.2 Å². The minimum Gasteiger partial charge on any atom is -0.459 e. The van der Waals surface area contributed by atoms with E-state index < -0.39 is 4.92 Å². The first-order chi connectivity index (χ1) is 10.1. The fraction of sp³-hybridized carbons (Fsp3) is 0.333. The first kappa shape index (κ1) is 15.5. The Hall–Kier alpha value is -1.85. The van der Waals surface area contributed by atoms with Gasteiger partial charge in [-0.3, -0.25) is 10.1 Å². The molecule has 0 saturated heterocycles. The highest BCUT2D eigenvalue weighted by Crippen LogP contribution is 2.34. The third-order valence-electron chi connectivity index (χ3n) is 3.26. The van der Waals surface area contributed by atoms with Crippen molar-refractivity contribution in [1.82, 2.24) is 5.32 Å². The van der Waals surface area contributed by atoms with E-state index in [1.807, 2.05) is 13.0 Å². The van der Waals surface area contributed by atoms with Gasteiger partial charge in [0.1, 0.15) is 11.5 Å². The van der Waals surface area contributed by atoms with Crippen molar-refractivity contribution in [3.63, 3.8) is 0 Å². The zero-order chi connectivity index (χ0) is 15.4. The van der Waals surface area contributed by atoms with E-state index in [1.54, 1.807) is 6.07 Å². The van der Waals surface area contributed by atoms with Gasteiger partial charge in [-0.1, -0.05) is 25.4 Å². The molecular formula is C15H17ClN2O3. The van der Waals surface area contributed by atoms with E-state index in [-0.39, 0.29) is 11.7 Å². The molecule has 2 aromatic rings. The molecule has 0 spiro atoms. The molecule has 1 unspecified atom stereocenters. The Labute approximate surface area is 128 Å². The highest BCUT2D eigenvalue weighted by atomic mass is 35.5. The number of benzene rings is 1. The maximum atomic E-state index is 10.9. The first-order valence-corrected chi connectivity index (χ1v) is 7.22. The predicted octanol–water partition coefficient (Wildman–Crippen LogP) is 4.57. The molecule has 0 saturated carbocycles. The minimum atomic E-state index is -0.447. The Bertz CT molecular complexity index is 640. The molecular weight excluding hydrogens is 292 g/mol. The van der Waals surface area contributed by atoms with Crippen molar-refractivity contribution >= 4 is 17.3 Å². The maximum Gasteiger partial charge on any atom is 0.270 e. The average Bonchev–Trinajstić information content (AvgIpc) is 2.94. The van der Waals surface area contributed by atoms with Crippen molar-refractivity contribution in [2.75, 3.05) is 6.54 Å². The van der Waals surface area contributed by atoms with Crippen LogP contribution in [0.25, 0.3) is 11.3 Å². The highest BCUT2D eigenvalue weighted by Gasteiger charge is 2.17. The van der Waals surface area contributed by atoms with E-state index in [2.05, 4.69) is 12.2 Å². The van der Waals surface area contributed by atoms with Gasteiger partial charge in [0.05, 0.1) is 16.0 Å². The molecule has 1 atom stereocenters. The molecule has 112 valence electrons. The summed E-state index contributed by atoms with van der Waals surface area (Å²) in [5.74, 6) is 1.34. The van der Waals surface area contributed by atoms with E-state index in [0.717, 1.165) is 18.7 Å². The number of non-ortho nitro benzene ring substituents is 1. The fourth-order valence-electron chi connectivity index (χ4n) is 2.19. The topological polar surface area (TPSA) is 68.3 Å². The predicted molar refractivity (Wildman–Crippen MR) is 82.5 cm³/mol. The molecule has 0 fully saturated rings. The van der Waals surface area contributed by atoms with Crippen LogP contribution in [0.3, 0.4) is 0 Å². The normalized spacial score (nSPS) is 12.3. The Balaban J connectivity index is 2.37. The van der Waals surface area contributed by atoms with Crippen LogP contribution in [-0.4, -0.2) is 11.5 Å². The van der Waals surface area contributed by atoms with Gasteiger partial charge in [0.25, 0.3) is 5.69 Å². The van der Waals surface area contributed by atoms with Gasteiger partial charge in [-0.15, -0.1) is 0 Å². The van der Waals surface area contributed by atoms with Crippen molar-refractivity contribution in [1.29, 1.82) is 0 Å². The van der Waals surface area contributed by atoms with E-state index in [1.165, 1.54) is 18.2 Å². The summed E-state index contributed by atoms with van der Waals surface area (Å²) >= 11 is 6.12. The first-order valence-electron chi connectivity index (χ1n) is 6.84. The van der Waals surface area contributed by atoms with Crippen LogP contribution in [0.2, 0.25) is 5.02 Å². The molecule has 1 N–H and O–H groups in total. The van der Waals surface area contributed by atoms with Crippen molar-refractivity contribution < 1.29 is 9.34 Å². The van der Waals surface area contributed by atoms with Gasteiger partial charge in [0.15, 0.2) is 0 Å². The highest BCUT2D eigenvalue weighted by molar-refractivity contribution is 6.33. The summed E-state index contributed by atoms with van der Waals surface area (Å²) in [6.45, 7) is 4.94. The zero-order valence-electron chi connectivity index (χ0n) is 11.9. The maximum absolute atomic E-state index is 10.9. The molecule has 1 aromatic heterocycles. The van der Waals surface area contributed by atoms with Crippen molar-refractivity contribution in [2.45, 2.75) is 26.3 Å². The number of nitrogens with zero attached hydrogens (tertiary/aromatic N) is 1. The van der Waals surface area contributed by atoms with Crippen LogP contribution in [0.1, 0.15) is 32.1 Å². The second kappa shape index (κ2) is 6.74. The quantitative estimate of drug-likeness (QED) is 0.627. The van der Waals surface area contributed by atoms with Crippen molar-refractivity contribution in [2.24, 2.45) is 0 Å². The summed E-state index contributed by atoms with van der Waals surface area (Å²) in [5, 5.41) is 14.6. The molecule has 0 amide bonds. The Kier molecular flexibility index (Phi) is 4.98. The Morgan fingerprint density at radius 2 is 2.10 bits per heavy atom. The molecule has 0 aliphatic carbocycles. The summed E-state index contributed by atoms with van der Waals surface area (Å²) in [6, 6.07) is 8.11. The summed E-state index contributed by atoms with van der Waals surface area (Å²) in [7, 11) is 0. The molecule has 1 heterocycles. The van der Waals surface area contributed by atoms with Gasteiger partial charge >= 0.3 is 0 Å². The van der Waals surface area contributed by atoms with Crippen LogP contribution >= 0.6 is 11.6 Å². The monoisotopic (exact) mass is 308 g/mol. The largest absolute Gasteiger partial charge is 0.459 e. The standard InChI is InChI=1S/C15H17ClN2O3/c1-3-13(17-4-2)15-8-7-14(21-15)11-9-10(18(19)20)5-6-12(11)16/h5-9,13,17H,3-4H2,1-2H3. The van der Waals surface area contributed by atoms with Crippen LogP contribution in [0.15, 0.2) is 34.7 Å². The van der Waals surface area contributed by atoms with E-state index in [4.69, 9.17) is 16.0 Å². The number of halogens is 1. The van der Waals surface area contributed by atoms with Crippen molar-refractivity contribution in [3.8, 4) is 11.3 Å². The summed E-state index contributed by atoms with van der Waals surface area (Å²) in [6.07, 6.45) is 0.892. The third-order valence-corrected chi connectivity index (χ3v) is 3.58. The summed E-state index contributed by atoms with van der Waals surface area (Å²) in [5.41, 5.74) is 0.523. The number of rotatable bonds is 6. The lowest BCUT2D eigenvalue weighted by Gasteiger charge is -2.12. The van der Waals surface area contributed by atoms with Gasteiger partial charge in [-0.2, -0.15) is 0 Å². The van der Waals surface area contributed by atoms with Crippen LogP contribution in [0, 0.1) is 10.1 Å². The van der Waals surface area contributed by atoms with Gasteiger partial charge in [-0.25, -0.2) is 0 Å². The number of nitro benzene ring substituents is 1. The Morgan fingerprint density at radius 1 is 1.33 bits per heavy atom. The molecule has 6 heteroatoms. The van der Waals surface area contributed by atoms with Gasteiger partial charge in [-0.05, 0) is 31.2 Å². The summed E-state index contributed by atoms with van der Waals surface area (Å²) < 4.78 is 5.82. The summed E-state index contributed by atoms with van der Waals surface area (Å²) in [4.78, 5) is 10.4. The second-order valence-electron chi connectivity index (χ2n) is 4.64. The lowest BCUT2D eigenvalue weighted by atomic mass is 10.1. The fourth-order valence-corrected chi connectivity index (χ4v) is 2.40. The Morgan fingerprint density at radius 3 is 2.71 bits per heavy atom. The second-order valence-corrected chi connectivity index (χ2v) is 5.05.